The summed E-state index contributed by atoms with van der Waals surface area (Å²) in [6, 6.07) is 4.35. The Kier molecular flexibility index (Phi) is 5.20. The molecule has 0 bridgehead atoms. The van der Waals surface area contributed by atoms with Gasteiger partial charge in [0, 0.05) is 13.7 Å². The summed E-state index contributed by atoms with van der Waals surface area (Å²) in [5, 5.41) is 0. The van der Waals surface area contributed by atoms with Crippen molar-refractivity contribution in [3.8, 4) is 5.75 Å². The molecular formula is C16H21FN2O4. The zero-order chi connectivity index (χ0) is 17.0. The molecule has 7 heteroatoms. The standard InChI is InChI=1S/C16H21FN2O4/c1-22-10-16(15(18)21)6-3-7-19(16)14(20)9-11-4-5-13(23-2)12(17)8-11/h4-5,8H,3,6-7,9-10H2,1-2H3,(H2,18,21). The van der Waals surface area contributed by atoms with Crippen LogP contribution in [0.1, 0.15) is 18.4 Å². The zero-order valence-electron chi connectivity index (χ0n) is 13.3. The number of benzene rings is 1. The SMILES string of the molecule is COCC1(C(N)=O)CCCN1C(=O)Cc1ccc(OC)c(F)c1. The van der Waals surface area contributed by atoms with Crippen molar-refractivity contribution in [2.75, 3.05) is 27.4 Å². The highest BCUT2D eigenvalue weighted by molar-refractivity contribution is 5.92. The predicted octanol–water partition coefficient (Wildman–Crippen LogP) is 0.870. The molecular weight excluding hydrogens is 303 g/mol. The molecule has 0 saturated carbocycles. The maximum atomic E-state index is 13.7. The molecule has 0 aliphatic carbocycles. The van der Waals surface area contributed by atoms with E-state index in [1.165, 1.54) is 31.3 Å². The van der Waals surface area contributed by atoms with Crippen molar-refractivity contribution in [3.05, 3.63) is 29.6 Å². The van der Waals surface area contributed by atoms with Gasteiger partial charge in [-0.1, -0.05) is 6.07 Å². The Balaban J connectivity index is 2.19. The summed E-state index contributed by atoms with van der Waals surface area (Å²) in [6.07, 6.45) is 1.13. The number of hydrogen-bond acceptors (Lipinski definition) is 4. The molecule has 1 aromatic rings. The van der Waals surface area contributed by atoms with Gasteiger partial charge in [-0.3, -0.25) is 9.59 Å². The quantitative estimate of drug-likeness (QED) is 0.842. The first-order chi connectivity index (χ1) is 10.9. The van der Waals surface area contributed by atoms with Gasteiger partial charge >= 0.3 is 0 Å². The lowest BCUT2D eigenvalue weighted by Crippen LogP contribution is -2.59. The van der Waals surface area contributed by atoms with E-state index >= 15 is 0 Å². The van der Waals surface area contributed by atoms with Crippen LogP contribution in [-0.2, 0) is 20.7 Å². The van der Waals surface area contributed by atoms with Gasteiger partial charge < -0.3 is 20.1 Å². The number of carbonyl (C=O) groups is 2. The first-order valence-electron chi connectivity index (χ1n) is 7.36. The first-order valence-corrected chi connectivity index (χ1v) is 7.36. The van der Waals surface area contributed by atoms with Crippen LogP contribution in [0, 0.1) is 5.82 Å². The molecule has 0 radical (unpaired) electrons. The molecule has 1 aliphatic heterocycles. The number of hydrogen-bond donors (Lipinski definition) is 1. The third-order valence-corrected chi connectivity index (χ3v) is 4.20. The van der Waals surface area contributed by atoms with E-state index in [2.05, 4.69) is 0 Å². The monoisotopic (exact) mass is 324 g/mol. The van der Waals surface area contributed by atoms with Crippen LogP contribution in [0.25, 0.3) is 0 Å². The Morgan fingerprint density at radius 2 is 2.13 bits per heavy atom. The average molecular weight is 324 g/mol. The zero-order valence-corrected chi connectivity index (χ0v) is 13.3. The van der Waals surface area contributed by atoms with Gasteiger partial charge in [0.2, 0.25) is 11.8 Å². The van der Waals surface area contributed by atoms with Crippen molar-refractivity contribution in [1.29, 1.82) is 0 Å². The number of likely N-dealkylation sites (tertiary alicyclic amines) is 1. The molecule has 0 aromatic heterocycles. The van der Waals surface area contributed by atoms with Gasteiger partial charge in [-0.2, -0.15) is 0 Å². The number of nitrogens with zero attached hydrogens (tertiary/aromatic N) is 1. The van der Waals surface area contributed by atoms with Crippen molar-refractivity contribution in [2.45, 2.75) is 24.8 Å². The molecule has 1 fully saturated rings. The van der Waals surface area contributed by atoms with Crippen LogP contribution >= 0.6 is 0 Å². The van der Waals surface area contributed by atoms with E-state index in [0.717, 1.165) is 0 Å². The molecule has 1 unspecified atom stereocenters. The van der Waals surface area contributed by atoms with Gasteiger partial charge in [0.25, 0.3) is 0 Å². The number of nitrogens with two attached hydrogens (primary N) is 1. The van der Waals surface area contributed by atoms with Gasteiger partial charge in [-0.25, -0.2) is 4.39 Å². The molecule has 1 atom stereocenters. The Morgan fingerprint density at radius 3 is 2.70 bits per heavy atom. The fourth-order valence-electron chi connectivity index (χ4n) is 3.05. The Labute approximate surface area is 134 Å². The summed E-state index contributed by atoms with van der Waals surface area (Å²) in [7, 11) is 2.84. The van der Waals surface area contributed by atoms with Crippen molar-refractivity contribution in [2.24, 2.45) is 5.73 Å². The third kappa shape index (κ3) is 3.29. The van der Waals surface area contributed by atoms with Crippen LogP contribution in [-0.4, -0.2) is 49.6 Å². The molecule has 1 aliphatic rings. The molecule has 1 aromatic carbocycles. The maximum absolute atomic E-state index is 13.7. The van der Waals surface area contributed by atoms with E-state index in [9.17, 15) is 14.0 Å². The molecule has 2 N–H and O–H groups in total. The number of carbonyl (C=O) groups excluding carboxylic acids is 2. The molecule has 0 spiro atoms. The van der Waals surface area contributed by atoms with Crippen molar-refractivity contribution < 1.29 is 23.5 Å². The minimum Gasteiger partial charge on any atom is -0.494 e. The lowest BCUT2D eigenvalue weighted by molar-refractivity contribution is -0.146. The summed E-state index contributed by atoms with van der Waals surface area (Å²) < 4.78 is 23.7. The van der Waals surface area contributed by atoms with E-state index in [4.69, 9.17) is 15.2 Å². The minimum atomic E-state index is -1.11. The van der Waals surface area contributed by atoms with Crippen molar-refractivity contribution in [3.63, 3.8) is 0 Å². The summed E-state index contributed by atoms with van der Waals surface area (Å²) in [4.78, 5) is 25.9. The van der Waals surface area contributed by atoms with Gasteiger partial charge in [-0.05, 0) is 30.5 Å². The van der Waals surface area contributed by atoms with Crippen LogP contribution in [0.5, 0.6) is 5.75 Å². The van der Waals surface area contributed by atoms with Crippen LogP contribution in [0.15, 0.2) is 18.2 Å². The summed E-state index contributed by atoms with van der Waals surface area (Å²) in [6.45, 7) is 0.495. The first kappa shape index (κ1) is 17.2. The average Bonchev–Trinajstić information content (AvgIpc) is 2.93. The molecule has 1 saturated heterocycles. The highest BCUT2D eigenvalue weighted by Crippen LogP contribution is 2.30. The summed E-state index contributed by atoms with van der Waals surface area (Å²) >= 11 is 0. The Hall–Kier alpha value is -2.15. The van der Waals surface area contributed by atoms with Crippen LogP contribution < -0.4 is 10.5 Å². The smallest absolute Gasteiger partial charge is 0.245 e. The van der Waals surface area contributed by atoms with E-state index < -0.39 is 17.3 Å². The second kappa shape index (κ2) is 6.95. The molecule has 23 heavy (non-hydrogen) atoms. The minimum absolute atomic E-state index is 0.0142. The molecule has 2 rings (SSSR count). The number of primary amides is 1. The normalized spacial score (nSPS) is 20.6. The molecule has 2 amide bonds. The van der Waals surface area contributed by atoms with Crippen molar-refractivity contribution >= 4 is 11.8 Å². The fraction of sp³-hybridized carbons (Fsp3) is 0.500. The summed E-state index contributed by atoms with van der Waals surface area (Å²) in [5.41, 5.74) is 4.91. The van der Waals surface area contributed by atoms with Crippen molar-refractivity contribution in [1.82, 2.24) is 4.90 Å². The van der Waals surface area contributed by atoms with Gasteiger partial charge in [-0.15, -0.1) is 0 Å². The van der Waals surface area contributed by atoms with E-state index in [-0.39, 0.29) is 24.7 Å². The predicted molar refractivity (Wildman–Crippen MR) is 81.4 cm³/mol. The largest absolute Gasteiger partial charge is 0.494 e. The highest BCUT2D eigenvalue weighted by atomic mass is 19.1. The van der Waals surface area contributed by atoms with E-state index in [1.807, 2.05) is 0 Å². The lowest BCUT2D eigenvalue weighted by atomic mass is 9.95. The van der Waals surface area contributed by atoms with Crippen LogP contribution in [0.3, 0.4) is 0 Å². The van der Waals surface area contributed by atoms with Gasteiger partial charge in [0.1, 0.15) is 5.54 Å². The topological polar surface area (TPSA) is 81.9 Å². The van der Waals surface area contributed by atoms with Gasteiger partial charge in [0.05, 0.1) is 20.1 Å². The van der Waals surface area contributed by atoms with Crippen LogP contribution in [0.4, 0.5) is 4.39 Å². The number of halogens is 1. The molecule has 1 heterocycles. The Morgan fingerprint density at radius 1 is 1.39 bits per heavy atom. The second-order valence-corrected chi connectivity index (χ2v) is 5.62. The fourth-order valence-corrected chi connectivity index (χ4v) is 3.05. The molecule has 6 nitrogen and oxygen atoms in total. The highest BCUT2D eigenvalue weighted by Gasteiger charge is 2.48. The second-order valence-electron chi connectivity index (χ2n) is 5.62. The number of amides is 2. The number of rotatable bonds is 6. The van der Waals surface area contributed by atoms with E-state index in [0.29, 0.717) is 24.9 Å². The Bertz CT molecular complexity index is 608. The maximum Gasteiger partial charge on any atom is 0.245 e. The number of ether oxygens (including phenoxy) is 2. The number of methoxy groups -OCH3 is 2. The molecule has 126 valence electrons. The summed E-state index contributed by atoms with van der Waals surface area (Å²) in [5.74, 6) is -1.26. The lowest BCUT2D eigenvalue weighted by Gasteiger charge is -2.35. The van der Waals surface area contributed by atoms with Gasteiger partial charge in [0.15, 0.2) is 11.6 Å². The third-order valence-electron chi connectivity index (χ3n) is 4.20. The van der Waals surface area contributed by atoms with E-state index in [1.54, 1.807) is 6.07 Å². The van der Waals surface area contributed by atoms with Crippen LogP contribution in [0.2, 0.25) is 0 Å².